The summed E-state index contributed by atoms with van der Waals surface area (Å²) in [6.45, 7) is 4.17. The number of aliphatic imine (C=N–C) groups is 1. The van der Waals surface area contributed by atoms with E-state index < -0.39 is 0 Å². The summed E-state index contributed by atoms with van der Waals surface area (Å²) in [4.78, 5) is 4.39. The lowest BCUT2D eigenvalue weighted by molar-refractivity contribution is 0.339. The Morgan fingerprint density at radius 2 is 2.13 bits per heavy atom. The van der Waals surface area contributed by atoms with Crippen LogP contribution >= 0.6 is 0 Å². The van der Waals surface area contributed by atoms with Crippen LogP contribution in [0.1, 0.15) is 45.4 Å². The molecule has 1 aliphatic carbocycles. The Balaban J connectivity index is 1.58. The highest BCUT2D eigenvalue weighted by Gasteiger charge is 2.14. The second-order valence-electron chi connectivity index (χ2n) is 4.95. The zero-order chi connectivity index (χ0) is 10.5. The molecule has 1 atom stereocenters. The van der Waals surface area contributed by atoms with E-state index >= 15 is 0 Å². The summed E-state index contributed by atoms with van der Waals surface area (Å²) in [5.41, 5.74) is 0. The minimum absolute atomic E-state index is 0.516. The maximum Gasteiger partial charge on any atom is 0.191 e. The fourth-order valence-corrected chi connectivity index (χ4v) is 2.53. The molecule has 3 heteroatoms. The third-order valence-corrected chi connectivity index (χ3v) is 3.48. The van der Waals surface area contributed by atoms with Gasteiger partial charge in [0.05, 0.1) is 6.54 Å². The normalized spacial score (nSPS) is 27.3. The first-order valence-electron chi connectivity index (χ1n) is 6.39. The van der Waals surface area contributed by atoms with Gasteiger partial charge in [-0.1, -0.05) is 32.1 Å². The highest BCUT2D eigenvalue weighted by atomic mass is 15.2. The highest BCUT2D eigenvalue weighted by Crippen LogP contribution is 2.25. The summed E-state index contributed by atoms with van der Waals surface area (Å²) >= 11 is 0. The van der Waals surface area contributed by atoms with Crippen molar-refractivity contribution in [2.75, 3.05) is 13.1 Å². The van der Waals surface area contributed by atoms with Gasteiger partial charge in [0, 0.05) is 12.6 Å². The lowest BCUT2D eigenvalue weighted by Gasteiger charge is -2.21. The van der Waals surface area contributed by atoms with E-state index in [2.05, 4.69) is 22.5 Å². The minimum Gasteiger partial charge on any atom is -0.356 e. The Kier molecular flexibility index (Phi) is 3.87. The van der Waals surface area contributed by atoms with Crippen molar-refractivity contribution in [3.8, 4) is 0 Å². The van der Waals surface area contributed by atoms with Gasteiger partial charge in [0.1, 0.15) is 0 Å². The molecule has 1 unspecified atom stereocenters. The van der Waals surface area contributed by atoms with Crippen LogP contribution < -0.4 is 10.6 Å². The van der Waals surface area contributed by atoms with Crippen LogP contribution in [0.25, 0.3) is 0 Å². The molecule has 0 bridgehead atoms. The Hall–Kier alpha value is -0.730. The van der Waals surface area contributed by atoms with Gasteiger partial charge in [-0.3, -0.25) is 4.99 Å². The molecule has 2 aliphatic rings. The van der Waals surface area contributed by atoms with Crippen molar-refractivity contribution in [1.82, 2.24) is 10.6 Å². The predicted molar refractivity (Wildman–Crippen MR) is 64.1 cm³/mol. The summed E-state index contributed by atoms with van der Waals surface area (Å²) in [5, 5.41) is 6.73. The standard InChI is InChI=1S/C12H23N3/c1-10-9-14-12(15-10)13-8-7-11-5-3-2-4-6-11/h10-11H,2-9H2,1H3,(H2,13,14,15). The van der Waals surface area contributed by atoms with E-state index in [1.54, 1.807) is 0 Å². The van der Waals surface area contributed by atoms with Crippen LogP contribution in [0, 0.1) is 5.92 Å². The third kappa shape index (κ3) is 3.40. The molecular weight excluding hydrogens is 186 g/mol. The van der Waals surface area contributed by atoms with Crippen molar-refractivity contribution in [2.45, 2.75) is 51.5 Å². The second-order valence-corrected chi connectivity index (χ2v) is 4.95. The van der Waals surface area contributed by atoms with E-state index in [0.717, 1.165) is 25.0 Å². The van der Waals surface area contributed by atoms with Crippen molar-refractivity contribution in [3.63, 3.8) is 0 Å². The summed E-state index contributed by atoms with van der Waals surface area (Å²) in [6.07, 6.45) is 8.54. The molecule has 0 aromatic carbocycles. The van der Waals surface area contributed by atoms with Gasteiger partial charge in [0.2, 0.25) is 0 Å². The SMILES string of the molecule is CC1CN=C(NCCC2CCCCC2)N1. The van der Waals surface area contributed by atoms with Gasteiger partial charge in [0.15, 0.2) is 5.96 Å². The lowest BCUT2D eigenvalue weighted by atomic mass is 9.87. The van der Waals surface area contributed by atoms with Gasteiger partial charge >= 0.3 is 0 Å². The topological polar surface area (TPSA) is 36.4 Å². The molecule has 86 valence electrons. The molecule has 15 heavy (non-hydrogen) atoms. The third-order valence-electron chi connectivity index (χ3n) is 3.48. The Bertz CT molecular complexity index is 219. The maximum absolute atomic E-state index is 4.39. The Labute approximate surface area is 92.7 Å². The first kappa shape index (κ1) is 10.8. The molecule has 0 aromatic rings. The second kappa shape index (κ2) is 5.38. The van der Waals surface area contributed by atoms with Gasteiger partial charge in [-0.25, -0.2) is 0 Å². The van der Waals surface area contributed by atoms with Crippen molar-refractivity contribution in [1.29, 1.82) is 0 Å². The fraction of sp³-hybridized carbons (Fsp3) is 0.917. The van der Waals surface area contributed by atoms with Gasteiger partial charge < -0.3 is 10.6 Å². The minimum atomic E-state index is 0.516. The lowest BCUT2D eigenvalue weighted by Crippen LogP contribution is -2.38. The van der Waals surface area contributed by atoms with Crippen LogP contribution in [-0.4, -0.2) is 25.1 Å². The quantitative estimate of drug-likeness (QED) is 0.745. The smallest absolute Gasteiger partial charge is 0.191 e. The number of nitrogens with zero attached hydrogens (tertiary/aromatic N) is 1. The number of rotatable bonds is 3. The van der Waals surface area contributed by atoms with Gasteiger partial charge in [-0.15, -0.1) is 0 Å². The molecule has 1 aliphatic heterocycles. The zero-order valence-electron chi connectivity index (χ0n) is 9.76. The van der Waals surface area contributed by atoms with Crippen molar-refractivity contribution in [3.05, 3.63) is 0 Å². The molecule has 0 saturated heterocycles. The summed E-state index contributed by atoms with van der Waals surface area (Å²) in [7, 11) is 0. The molecule has 3 nitrogen and oxygen atoms in total. The van der Waals surface area contributed by atoms with Crippen molar-refractivity contribution in [2.24, 2.45) is 10.9 Å². The van der Waals surface area contributed by atoms with Crippen LogP contribution in [-0.2, 0) is 0 Å². The molecule has 1 saturated carbocycles. The van der Waals surface area contributed by atoms with Gasteiger partial charge in [-0.2, -0.15) is 0 Å². The molecule has 0 amide bonds. The van der Waals surface area contributed by atoms with E-state index in [0.29, 0.717) is 6.04 Å². The largest absolute Gasteiger partial charge is 0.356 e. The number of nitrogens with one attached hydrogen (secondary N) is 2. The highest BCUT2D eigenvalue weighted by molar-refractivity contribution is 5.81. The average molecular weight is 209 g/mol. The molecule has 0 aromatic heterocycles. The van der Waals surface area contributed by atoms with Crippen LogP contribution in [0.3, 0.4) is 0 Å². The summed E-state index contributed by atoms with van der Waals surface area (Å²) in [5.74, 6) is 1.98. The van der Waals surface area contributed by atoms with E-state index in [9.17, 15) is 0 Å². The average Bonchev–Trinajstić information content (AvgIpc) is 2.66. The van der Waals surface area contributed by atoms with Crippen LogP contribution in [0.15, 0.2) is 4.99 Å². The zero-order valence-corrected chi connectivity index (χ0v) is 9.76. The molecule has 0 spiro atoms. The van der Waals surface area contributed by atoms with E-state index in [-0.39, 0.29) is 0 Å². The predicted octanol–water partition coefficient (Wildman–Crippen LogP) is 1.89. The van der Waals surface area contributed by atoms with Gasteiger partial charge in [-0.05, 0) is 19.3 Å². The van der Waals surface area contributed by atoms with Gasteiger partial charge in [0.25, 0.3) is 0 Å². The number of hydrogen-bond donors (Lipinski definition) is 2. The first-order chi connectivity index (χ1) is 7.34. The fourth-order valence-electron chi connectivity index (χ4n) is 2.53. The molecule has 2 N–H and O–H groups in total. The van der Waals surface area contributed by atoms with Crippen LogP contribution in [0.5, 0.6) is 0 Å². The van der Waals surface area contributed by atoms with E-state index in [1.807, 2.05) is 0 Å². The van der Waals surface area contributed by atoms with E-state index in [1.165, 1.54) is 38.5 Å². The van der Waals surface area contributed by atoms with E-state index in [4.69, 9.17) is 0 Å². The molecular formula is C12H23N3. The summed E-state index contributed by atoms with van der Waals surface area (Å²) < 4.78 is 0. The molecule has 0 radical (unpaired) electrons. The maximum atomic E-state index is 4.39. The van der Waals surface area contributed by atoms with Crippen LogP contribution in [0.2, 0.25) is 0 Å². The van der Waals surface area contributed by atoms with Crippen molar-refractivity contribution >= 4 is 5.96 Å². The van der Waals surface area contributed by atoms with Crippen LogP contribution in [0.4, 0.5) is 0 Å². The molecule has 2 rings (SSSR count). The Morgan fingerprint density at radius 1 is 1.33 bits per heavy atom. The first-order valence-corrected chi connectivity index (χ1v) is 6.39. The molecule has 1 fully saturated rings. The Morgan fingerprint density at radius 3 is 2.80 bits per heavy atom. The number of guanidine groups is 1. The monoisotopic (exact) mass is 209 g/mol. The number of hydrogen-bond acceptors (Lipinski definition) is 3. The van der Waals surface area contributed by atoms with Crippen molar-refractivity contribution < 1.29 is 0 Å². The summed E-state index contributed by atoms with van der Waals surface area (Å²) in [6, 6.07) is 0.516. The molecule has 1 heterocycles.